The number of ether oxygens (including phenoxy) is 2. The van der Waals surface area contributed by atoms with E-state index < -0.39 is 0 Å². The Hall–Kier alpha value is -2.58. The first-order valence-electron chi connectivity index (χ1n) is 7.36. The van der Waals surface area contributed by atoms with E-state index in [1.165, 1.54) is 0 Å². The average Bonchev–Trinajstić information content (AvgIpc) is 3.00. The van der Waals surface area contributed by atoms with Crippen LogP contribution in [0.15, 0.2) is 36.7 Å². The van der Waals surface area contributed by atoms with Crippen molar-refractivity contribution < 1.29 is 9.47 Å². The van der Waals surface area contributed by atoms with E-state index in [-0.39, 0.29) is 0 Å². The highest BCUT2D eigenvalue weighted by Crippen LogP contribution is 2.34. The first kappa shape index (κ1) is 17.2. The molecule has 25 heavy (non-hydrogen) atoms. The van der Waals surface area contributed by atoms with Gasteiger partial charge in [0.05, 0.1) is 20.8 Å². The number of hydrogen-bond donors (Lipinski definition) is 2. The number of hydrogen-bond acceptors (Lipinski definition) is 6. The van der Waals surface area contributed by atoms with Crippen molar-refractivity contribution in [3.05, 3.63) is 52.0 Å². The Balaban J connectivity index is 1.92. The minimum absolute atomic E-state index is 0.409. The summed E-state index contributed by atoms with van der Waals surface area (Å²) in [5.41, 5.74) is 4.94. The molecule has 7 nitrogen and oxygen atoms in total. The third-order valence-electron chi connectivity index (χ3n) is 3.56. The van der Waals surface area contributed by atoms with Crippen molar-refractivity contribution in [3.63, 3.8) is 0 Å². The molecule has 0 atom stereocenters. The summed E-state index contributed by atoms with van der Waals surface area (Å²) in [5, 5.41) is 7.61. The maximum Gasteiger partial charge on any atom is 0.214 e. The highest BCUT2D eigenvalue weighted by Gasteiger charge is 2.14. The van der Waals surface area contributed by atoms with Crippen LogP contribution in [-0.4, -0.2) is 34.1 Å². The summed E-state index contributed by atoms with van der Waals surface area (Å²) in [6.45, 7) is 0.409. The number of nitrogens with one attached hydrogen (secondary N) is 2. The van der Waals surface area contributed by atoms with Crippen LogP contribution in [0.3, 0.4) is 0 Å². The molecule has 0 aliphatic rings. The second kappa shape index (κ2) is 7.54. The van der Waals surface area contributed by atoms with Gasteiger partial charge < -0.3 is 14.9 Å². The molecule has 0 spiro atoms. The van der Waals surface area contributed by atoms with Crippen LogP contribution in [0.4, 0.5) is 0 Å². The molecule has 130 valence electrons. The van der Waals surface area contributed by atoms with Crippen LogP contribution in [-0.2, 0) is 6.54 Å². The fourth-order valence-corrected chi connectivity index (χ4v) is 2.87. The fraction of sp³-hybridized carbons (Fsp3) is 0.188. The molecule has 0 saturated heterocycles. The molecule has 0 amide bonds. The third kappa shape index (κ3) is 3.59. The molecule has 0 unspecified atom stereocenters. The average molecular weight is 378 g/mol. The molecule has 0 radical (unpaired) electrons. The van der Waals surface area contributed by atoms with Gasteiger partial charge in [-0.25, -0.2) is 9.77 Å². The second-order valence-corrected chi connectivity index (χ2v) is 5.88. The van der Waals surface area contributed by atoms with E-state index in [0.717, 1.165) is 11.1 Å². The lowest BCUT2D eigenvalue weighted by Crippen LogP contribution is -2.16. The standard InChI is InChI=1S/C16H16ClN5O2S/c1-23-13-8-12(17)7-11(14(13)24-2)9-19-22-15(20-21-16(22)25)10-3-5-18-6-4-10/h3-8,19H,9H2,1-2H3,(H,21,25). The molecule has 0 saturated carbocycles. The normalized spacial score (nSPS) is 10.5. The van der Waals surface area contributed by atoms with Gasteiger partial charge >= 0.3 is 0 Å². The maximum absolute atomic E-state index is 6.16. The lowest BCUT2D eigenvalue weighted by atomic mass is 10.2. The molecule has 2 N–H and O–H groups in total. The molecule has 3 rings (SSSR count). The number of methoxy groups -OCH3 is 2. The van der Waals surface area contributed by atoms with Crippen LogP contribution in [0.25, 0.3) is 11.4 Å². The van der Waals surface area contributed by atoms with Crippen LogP contribution < -0.4 is 14.9 Å². The maximum atomic E-state index is 6.16. The molecule has 0 aliphatic heterocycles. The predicted molar refractivity (Wildman–Crippen MR) is 98.3 cm³/mol. The molecule has 0 fully saturated rings. The number of aromatic nitrogens is 4. The summed E-state index contributed by atoms with van der Waals surface area (Å²) in [6, 6.07) is 7.22. The molecule has 2 aromatic heterocycles. The number of benzene rings is 1. The zero-order valence-corrected chi connectivity index (χ0v) is 15.2. The van der Waals surface area contributed by atoms with Crippen LogP contribution in [0.2, 0.25) is 5.02 Å². The number of halogens is 1. The number of H-pyrrole nitrogens is 1. The highest BCUT2D eigenvalue weighted by atomic mass is 35.5. The number of nitrogens with zero attached hydrogens (tertiary/aromatic N) is 3. The summed E-state index contributed by atoms with van der Waals surface area (Å²) >= 11 is 11.5. The number of aromatic amines is 1. The quantitative estimate of drug-likeness (QED) is 0.641. The molecule has 9 heteroatoms. The van der Waals surface area contributed by atoms with Crippen molar-refractivity contribution in [1.29, 1.82) is 0 Å². The van der Waals surface area contributed by atoms with Crippen molar-refractivity contribution in [2.24, 2.45) is 0 Å². The minimum atomic E-state index is 0.409. The lowest BCUT2D eigenvalue weighted by Gasteiger charge is -2.15. The van der Waals surface area contributed by atoms with Gasteiger partial charge in [0.1, 0.15) is 0 Å². The lowest BCUT2D eigenvalue weighted by molar-refractivity contribution is 0.352. The number of pyridine rings is 1. The van der Waals surface area contributed by atoms with E-state index in [1.54, 1.807) is 37.4 Å². The van der Waals surface area contributed by atoms with Gasteiger partial charge in [0.15, 0.2) is 17.3 Å². The van der Waals surface area contributed by atoms with Gasteiger partial charge in [-0.05, 0) is 30.4 Å². The van der Waals surface area contributed by atoms with Crippen molar-refractivity contribution >= 4 is 23.8 Å². The predicted octanol–water partition coefficient (Wildman–Crippen LogP) is 3.42. The van der Waals surface area contributed by atoms with Crippen LogP contribution in [0, 0.1) is 4.77 Å². The van der Waals surface area contributed by atoms with Crippen LogP contribution in [0.1, 0.15) is 5.56 Å². The summed E-state index contributed by atoms with van der Waals surface area (Å²) in [6.07, 6.45) is 3.39. The van der Waals surface area contributed by atoms with Crippen molar-refractivity contribution in [1.82, 2.24) is 19.9 Å². The summed E-state index contributed by atoms with van der Waals surface area (Å²) in [5.74, 6) is 1.83. The summed E-state index contributed by atoms with van der Waals surface area (Å²) in [4.78, 5) is 4.01. The van der Waals surface area contributed by atoms with Gasteiger partial charge in [-0.1, -0.05) is 11.6 Å². The Kier molecular flexibility index (Phi) is 5.20. The van der Waals surface area contributed by atoms with Gasteiger partial charge in [0.2, 0.25) is 4.77 Å². The van der Waals surface area contributed by atoms with E-state index in [4.69, 9.17) is 33.3 Å². The van der Waals surface area contributed by atoms with Crippen LogP contribution in [0.5, 0.6) is 11.5 Å². The van der Waals surface area contributed by atoms with Crippen LogP contribution >= 0.6 is 23.8 Å². The number of rotatable bonds is 6. The second-order valence-electron chi connectivity index (χ2n) is 5.06. The fourth-order valence-electron chi connectivity index (χ4n) is 2.44. The zero-order chi connectivity index (χ0) is 17.8. The van der Waals surface area contributed by atoms with Gasteiger partial charge in [-0.2, -0.15) is 5.10 Å². The Bertz CT molecular complexity index is 926. The van der Waals surface area contributed by atoms with E-state index in [2.05, 4.69) is 20.6 Å². The molecule has 2 heterocycles. The van der Waals surface area contributed by atoms with Gasteiger partial charge in [0, 0.05) is 34.6 Å². The molecule has 0 aliphatic carbocycles. The highest BCUT2D eigenvalue weighted by molar-refractivity contribution is 7.71. The zero-order valence-electron chi connectivity index (χ0n) is 13.6. The molecule has 1 aromatic carbocycles. The first-order valence-corrected chi connectivity index (χ1v) is 8.14. The van der Waals surface area contributed by atoms with E-state index in [0.29, 0.717) is 33.7 Å². The topological polar surface area (TPSA) is 77.0 Å². The van der Waals surface area contributed by atoms with E-state index >= 15 is 0 Å². The van der Waals surface area contributed by atoms with Crippen molar-refractivity contribution in [2.75, 3.05) is 19.6 Å². The van der Waals surface area contributed by atoms with Gasteiger partial charge in [0.25, 0.3) is 0 Å². The van der Waals surface area contributed by atoms with E-state index in [1.807, 2.05) is 18.2 Å². The monoisotopic (exact) mass is 377 g/mol. The smallest absolute Gasteiger partial charge is 0.214 e. The third-order valence-corrected chi connectivity index (χ3v) is 4.05. The van der Waals surface area contributed by atoms with E-state index in [9.17, 15) is 0 Å². The first-order chi connectivity index (χ1) is 12.1. The largest absolute Gasteiger partial charge is 0.493 e. The van der Waals surface area contributed by atoms with Crippen molar-refractivity contribution in [3.8, 4) is 22.9 Å². The Morgan fingerprint density at radius 1 is 1.24 bits per heavy atom. The molecular weight excluding hydrogens is 362 g/mol. The Labute approximate surface area is 154 Å². The SMILES string of the molecule is COc1cc(Cl)cc(CNn2c(-c3ccncc3)n[nH]c2=S)c1OC. The Morgan fingerprint density at radius 3 is 2.68 bits per heavy atom. The molecular formula is C16H16ClN5O2S. The summed E-state index contributed by atoms with van der Waals surface area (Å²) < 4.78 is 12.9. The molecule has 3 aromatic rings. The summed E-state index contributed by atoms with van der Waals surface area (Å²) in [7, 11) is 3.15. The van der Waals surface area contributed by atoms with Gasteiger partial charge in [-0.3, -0.25) is 4.98 Å². The molecule has 0 bridgehead atoms. The minimum Gasteiger partial charge on any atom is -0.493 e. The van der Waals surface area contributed by atoms with Crippen molar-refractivity contribution in [2.45, 2.75) is 6.54 Å². The van der Waals surface area contributed by atoms with Gasteiger partial charge in [-0.15, -0.1) is 0 Å². The Morgan fingerprint density at radius 2 is 2.00 bits per heavy atom.